The third-order valence-corrected chi connectivity index (χ3v) is 5.86. The van der Waals surface area contributed by atoms with E-state index in [2.05, 4.69) is 0 Å². The Morgan fingerprint density at radius 2 is 1.67 bits per heavy atom. The second kappa shape index (κ2) is 9.27. The zero-order chi connectivity index (χ0) is 22.5. The number of urea groups is 1. The van der Waals surface area contributed by atoms with Crippen LogP contribution >= 0.6 is 0 Å². The Bertz CT molecular complexity index is 1050. The van der Waals surface area contributed by atoms with Crippen molar-refractivity contribution in [1.29, 1.82) is 0 Å². The number of carbonyl (C=O) groups is 3. The summed E-state index contributed by atoms with van der Waals surface area (Å²) in [6.45, 7) is 1.26. The number of benzene rings is 2. The molecule has 11 heteroatoms. The first-order chi connectivity index (χ1) is 14.1. The summed E-state index contributed by atoms with van der Waals surface area (Å²) in [5, 5.41) is 1.79. The fourth-order valence-electron chi connectivity index (χ4n) is 2.45. The second-order valence-corrected chi connectivity index (χ2v) is 8.04. The lowest BCUT2D eigenvalue weighted by Gasteiger charge is -2.21. The first-order valence-corrected chi connectivity index (χ1v) is 10.0. The van der Waals surface area contributed by atoms with Crippen molar-refractivity contribution < 1.29 is 32.3 Å². The standard InChI is InChI=1S/C19H21N3O7S/c1-12(17(23)21-19(20)25)29-18(24)13-8-10-14(11-9-13)30(26,27)22(2)15-6-4-5-7-16(15)28-3/h4-12H,1-3H3,(H3,20,21,23,25)/t12-/m0/s1. The number of nitrogens with two attached hydrogens (primary N) is 1. The lowest BCUT2D eigenvalue weighted by atomic mass is 10.2. The van der Waals surface area contributed by atoms with E-state index >= 15 is 0 Å². The molecular formula is C19H21N3O7S. The Balaban J connectivity index is 2.18. The molecule has 0 aliphatic heterocycles. The molecule has 0 heterocycles. The molecule has 2 rings (SSSR count). The average Bonchev–Trinajstić information content (AvgIpc) is 2.72. The van der Waals surface area contributed by atoms with Crippen molar-refractivity contribution in [3.8, 4) is 5.75 Å². The number of methoxy groups -OCH3 is 1. The highest BCUT2D eigenvalue weighted by Crippen LogP contribution is 2.30. The van der Waals surface area contributed by atoms with Gasteiger partial charge in [0.05, 0.1) is 23.3 Å². The number of nitrogens with zero attached hydrogens (tertiary/aromatic N) is 1. The van der Waals surface area contributed by atoms with Gasteiger partial charge in [-0.05, 0) is 43.3 Å². The lowest BCUT2D eigenvalue weighted by molar-refractivity contribution is -0.127. The molecule has 0 saturated carbocycles. The Kier molecular flexibility index (Phi) is 7.01. The molecule has 0 saturated heterocycles. The molecule has 0 fully saturated rings. The summed E-state index contributed by atoms with van der Waals surface area (Å²) in [7, 11) is -1.11. The van der Waals surface area contributed by atoms with Gasteiger partial charge in [0.15, 0.2) is 6.10 Å². The number of carbonyl (C=O) groups excluding carboxylic acids is 3. The summed E-state index contributed by atoms with van der Waals surface area (Å²) in [6, 6.07) is 10.5. The average molecular weight is 435 g/mol. The maximum absolute atomic E-state index is 12.9. The minimum Gasteiger partial charge on any atom is -0.495 e. The highest BCUT2D eigenvalue weighted by Gasteiger charge is 2.25. The van der Waals surface area contributed by atoms with Crippen molar-refractivity contribution >= 4 is 33.6 Å². The van der Waals surface area contributed by atoms with Crippen LogP contribution in [-0.4, -0.2) is 46.6 Å². The number of hydrogen-bond donors (Lipinski definition) is 2. The van der Waals surface area contributed by atoms with Crippen LogP contribution in [0.25, 0.3) is 0 Å². The van der Waals surface area contributed by atoms with Crippen molar-refractivity contribution in [3.05, 3.63) is 54.1 Å². The third-order valence-electron chi connectivity index (χ3n) is 4.07. The number of anilines is 1. The van der Waals surface area contributed by atoms with E-state index in [9.17, 15) is 22.8 Å². The molecule has 3 N–H and O–H groups in total. The van der Waals surface area contributed by atoms with E-state index in [4.69, 9.17) is 15.2 Å². The van der Waals surface area contributed by atoms with Crippen molar-refractivity contribution in [2.45, 2.75) is 17.9 Å². The zero-order valence-corrected chi connectivity index (χ0v) is 17.3. The Hall–Kier alpha value is -3.60. The number of ether oxygens (including phenoxy) is 2. The molecule has 0 spiro atoms. The minimum absolute atomic E-state index is 0.0209. The molecule has 3 amide bonds. The van der Waals surface area contributed by atoms with Crippen LogP contribution < -0.4 is 20.1 Å². The monoisotopic (exact) mass is 435 g/mol. The first-order valence-electron chi connectivity index (χ1n) is 8.61. The molecule has 1 atom stereocenters. The predicted molar refractivity (Wildman–Crippen MR) is 108 cm³/mol. The maximum Gasteiger partial charge on any atom is 0.338 e. The largest absolute Gasteiger partial charge is 0.495 e. The Morgan fingerprint density at radius 1 is 1.07 bits per heavy atom. The van der Waals surface area contributed by atoms with Gasteiger partial charge in [0.1, 0.15) is 5.75 Å². The summed E-state index contributed by atoms with van der Waals surface area (Å²) in [6.07, 6.45) is -1.27. The highest BCUT2D eigenvalue weighted by atomic mass is 32.2. The molecule has 0 bridgehead atoms. The number of esters is 1. The summed E-state index contributed by atoms with van der Waals surface area (Å²) in [5.41, 5.74) is 5.20. The normalized spacial score (nSPS) is 11.8. The van der Waals surface area contributed by atoms with Gasteiger partial charge in [0.2, 0.25) is 0 Å². The van der Waals surface area contributed by atoms with Gasteiger partial charge in [-0.1, -0.05) is 12.1 Å². The van der Waals surface area contributed by atoms with Crippen LogP contribution in [0.15, 0.2) is 53.4 Å². The van der Waals surface area contributed by atoms with Gasteiger partial charge in [-0.25, -0.2) is 18.0 Å². The molecular weight excluding hydrogens is 414 g/mol. The summed E-state index contributed by atoms with van der Waals surface area (Å²) in [4.78, 5) is 34.4. The van der Waals surface area contributed by atoms with Crippen molar-refractivity contribution in [3.63, 3.8) is 0 Å². The van der Waals surface area contributed by atoms with E-state index in [1.807, 2.05) is 0 Å². The number of sulfonamides is 1. The van der Waals surface area contributed by atoms with Crippen LogP contribution in [-0.2, 0) is 19.6 Å². The number of imide groups is 1. The quantitative estimate of drug-likeness (QED) is 0.623. The smallest absolute Gasteiger partial charge is 0.338 e. The molecule has 160 valence electrons. The SMILES string of the molecule is COc1ccccc1N(C)S(=O)(=O)c1ccc(C(=O)O[C@@H](C)C(=O)NC(N)=O)cc1. The van der Waals surface area contributed by atoms with Crippen molar-refractivity contribution in [2.24, 2.45) is 5.73 Å². The second-order valence-electron chi connectivity index (χ2n) is 6.07. The number of amides is 3. The van der Waals surface area contributed by atoms with Gasteiger partial charge in [-0.3, -0.25) is 14.4 Å². The van der Waals surface area contributed by atoms with Crippen molar-refractivity contribution in [2.75, 3.05) is 18.5 Å². The fraction of sp³-hybridized carbons (Fsp3) is 0.211. The molecule has 0 radical (unpaired) electrons. The maximum atomic E-state index is 12.9. The van der Waals surface area contributed by atoms with E-state index in [-0.39, 0.29) is 10.5 Å². The predicted octanol–water partition coefficient (Wildman–Crippen LogP) is 1.26. The molecule has 0 unspecified atom stereocenters. The summed E-state index contributed by atoms with van der Waals surface area (Å²) >= 11 is 0. The van der Waals surface area contributed by atoms with Crippen LogP contribution in [0.3, 0.4) is 0 Å². The highest BCUT2D eigenvalue weighted by molar-refractivity contribution is 7.92. The topological polar surface area (TPSA) is 145 Å². The van der Waals surface area contributed by atoms with Gasteiger partial charge in [0.25, 0.3) is 15.9 Å². The van der Waals surface area contributed by atoms with Gasteiger partial charge in [-0.2, -0.15) is 0 Å². The number of hydrogen-bond acceptors (Lipinski definition) is 7. The van der Waals surface area contributed by atoms with Crippen LogP contribution in [0.5, 0.6) is 5.75 Å². The van der Waals surface area contributed by atoms with E-state index < -0.39 is 34.0 Å². The van der Waals surface area contributed by atoms with Gasteiger partial charge in [-0.15, -0.1) is 0 Å². The van der Waals surface area contributed by atoms with Crippen molar-refractivity contribution in [1.82, 2.24) is 5.32 Å². The van der Waals surface area contributed by atoms with E-state index in [0.29, 0.717) is 11.4 Å². The zero-order valence-electron chi connectivity index (χ0n) is 16.5. The molecule has 0 aliphatic carbocycles. The molecule has 0 aliphatic rings. The molecule has 10 nitrogen and oxygen atoms in total. The molecule has 0 aromatic heterocycles. The van der Waals surface area contributed by atoms with E-state index in [1.165, 1.54) is 45.3 Å². The Labute approximate surface area is 173 Å². The van der Waals surface area contributed by atoms with Gasteiger partial charge >= 0.3 is 12.0 Å². The molecule has 2 aromatic rings. The van der Waals surface area contributed by atoms with Crippen LogP contribution in [0.4, 0.5) is 10.5 Å². The summed E-state index contributed by atoms with van der Waals surface area (Å²) in [5.74, 6) is -1.37. The van der Waals surface area contributed by atoms with Crippen LogP contribution in [0.2, 0.25) is 0 Å². The van der Waals surface area contributed by atoms with Crippen LogP contribution in [0.1, 0.15) is 17.3 Å². The summed E-state index contributed by atoms with van der Waals surface area (Å²) < 4.78 is 37.0. The number of primary amides is 1. The molecule has 2 aromatic carbocycles. The number of para-hydroxylation sites is 2. The Morgan fingerprint density at radius 3 is 2.23 bits per heavy atom. The van der Waals surface area contributed by atoms with E-state index in [1.54, 1.807) is 29.6 Å². The van der Waals surface area contributed by atoms with Gasteiger partial charge < -0.3 is 15.2 Å². The first kappa shape index (κ1) is 22.7. The number of rotatable bonds is 7. The van der Waals surface area contributed by atoms with Crippen LogP contribution in [0, 0.1) is 0 Å². The minimum atomic E-state index is -3.93. The molecule has 30 heavy (non-hydrogen) atoms. The fourth-order valence-corrected chi connectivity index (χ4v) is 3.65. The van der Waals surface area contributed by atoms with Gasteiger partial charge in [0, 0.05) is 7.05 Å². The lowest BCUT2D eigenvalue weighted by Crippen LogP contribution is -2.42. The third kappa shape index (κ3) is 5.06. The number of nitrogens with one attached hydrogen (secondary N) is 1. The van der Waals surface area contributed by atoms with E-state index in [0.717, 1.165) is 4.31 Å².